The monoisotopic (exact) mass is 448 g/mol. The molecule has 2 atom stereocenters. The van der Waals surface area contributed by atoms with Gasteiger partial charge < -0.3 is 9.30 Å². The summed E-state index contributed by atoms with van der Waals surface area (Å²) in [5, 5.41) is 1.12. The molecule has 5 heteroatoms. The quantitative estimate of drug-likeness (QED) is 0.286. The molecular weight excluding hydrogens is 412 g/mol. The van der Waals surface area contributed by atoms with Crippen LogP contribution in [0.2, 0.25) is 0 Å². The number of esters is 1. The summed E-state index contributed by atoms with van der Waals surface area (Å²) in [6.45, 7) is 8.68. The molecule has 1 fully saturated rings. The fourth-order valence-electron chi connectivity index (χ4n) is 6.46. The van der Waals surface area contributed by atoms with Gasteiger partial charge in [-0.05, 0) is 75.4 Å². The Kier molecular flexibility index (Phi) is 5.94. The number of benzene rings is 1. The van der Waals surface area contributed by atoms with Gasteiger partial charge in [0.15, 0.2) is 5.78 Å². The number of aromatic nitrogens is 1. The fourth-order valence-corrected chi connectivity index (χ4v) is 6.46. The van der Waals surface area contributed by atoms with Crippen LogP contribution in [0.15, 0.2) is 24.3 Å². The molecule has 3 aliphatic heterocycles. The van der Waals surface area contributed by atoms with Gasteiger partial charge in [-0.2, -0.15) is 0 Å². The zero-order chi connectivity index (χ0) is 23.2. The van der Waals surface area contributed by atoms with Gasteiger partial charge in [-0.1, -0.05) is 33.1 Å². The van der Waals surface area contributed by atoms with Crippen molar-refractivity contribution < 1.29 is 14.3 Å². The fraction of sp³-hybridized carbons (Fsp3) is 0.571. The normalized spacial score (nSPS) is 23.8. The Labute approximate surface area is 196 Å². The van der Waals surface area contributed by atoms with Crippen molar-refractivity contribution in [3.63, 3.8) is 0 Å². The van der Waals surface area contributed by atoms with Crippen LogP contribution in [-0.4, -0.2) is 40.9 Å². The summed E-state index contributed by atoms with van der Waals surface area (Å²) < 4.78 is 8.00. The summed E-state index contributed by atoms with van der Waals surface area (Å²) in [5.41, 5.74) is 4.97. The number of unbranched alkanes of at least 4 members (excludes halogenated alkanes) is 3. The molecule has 0 bridgehead atoms. The van der Waals surface area contributed by atoms with Crippen molar-refractivity contribution in [2.24, 2.45) is 5.41 Å². The lowest BCUT2D eigenvalue weighted by atomic mass is 9.66. The lowest BCUT2D eigenvalue weighted by Gasteiger charge is -2.53. The molecule has 0 saturated carbocycles. The lowest BCUT2D eigenvalue weighted by Crippen LogP contribution is -2.51. The molecule has 2 aromatic rings. The van der Waals surface area contributed by atoms with E-state index in [0.29, 0.717) is 12.3 Å². The van der Waals surface area contributed by atoms with Crippen LogP contribution in [0.4, 0.5) is 0 Å². The summed E-state index contributed by atoms with van der Waals surface area (Å²) in [5.74, 6) is -0.135. The van der Waals surface area contributed by atoms with Gasteiger partial charge >= 0.3 is 5.97 Å². The van der Waals surface area contributed by atoms with Crippen molar-refractivity contribution in [3.05, 3.63) is 41.1 Å². The van der Waals surface area contributed by atoms with Crippen molar-refractivity contribution >= 4 is 28.4 Å². The highest BCUT2D eigenvalue weighted by atomic mass is 16.5. The van der Waals surface area contributed by atoms with Crippen LogP contribution in [0, 0.1) is 5.41 Å². The van der Waals surface area contributed by atoms with Crippen LogP contribution < -0.4 is 0 Å². The van der Waals surface area contributed by atoms with E-state index >= 15 is 0 Å². The van der Waals surface area contributed by atoms with E-state index in [0.717, 1.165) is 68.1 Å². The maximum Gasteiger partial charge on any atom is 0.355 e. The molecular formula is C28H36N2O3. The number of hydrogen-bond donors (Lipinski definition) is 0. The minimum Gasteiger partial charge on any atom is -0.461 e. The van der Waals surface area contributed by atoms with Crippen LogP contribution in [0.1, 0.15) is 93.4 Å². The van der Waals surface area contributed by atoms with Gasteiger partial charge in [-0.25, -0.2) is 4.79 Å². The Balaban J connectivity index is 1.64. The van der Waals surface area contributed by atoms with Crippen LogP contribution in [0.3, 0.4) is 0 Å². The summed E-state index contributed by atoms with van der Waals surface area (Å²) in [6.07, 6.45) is 10.8. The van der Waals surface area contributed by atoms with E-state index in [2.05, 4.69) is 29.4 Å². The number of rotatable bonds is 8. The summed E-state index contributed by atoms with van der Waals surface area (Å²) in [6, 6.07) is 6.25. The van der Waals surface area contributed by atoms with Gasteiger partial charge in [0.05, 0.1) is 18.2 Å². The number of hydrogen-bond acceptors (Lipinski definition) is 4. The predicted molar refractivity (Wildman–Crippen MR) is 131 cm³/mol. The first-order valence-electron chi connectivity index (χ1n) is 12.8. The van der Waals surface area contributed by atoms with Gasteiger partial charge in [0.25, 0.3) is 0 Å². The molecule has 1 aromatic heterocycles. The van der Waals surface area contributed by atoms with Gasteiger partial charge in [0.2, 0.25) is 0 Å². The molecule has 33 heavy (non-hydrogen) atoms. The highest BCUT2D eigenvalue weighted by Gasteiger charge is 2.51. The number of ether oxygens (including phenoxy) is 1. The van der Waals surface area contributed by atoms with Crippen LogP contribution in [0.25, 0.3) is 16.6 Å². The molecule has 2 unspecified atom stereocenters. The lowest BCUT2D eigenvalue weighted by molar-refractivity contribution is -0.137. The molecule has 5 rings (SSSR count). The maximum atomic E-state index is 13.5. The summed E-state index contributed by atoms with van der Waals surface area (Å²) in [4.78, 5) is 28.2. The second-order valence-electron chi connectivity index (χ2n) is 10.1. The van der Waals surface area contributed by atoms with Crippen LogP contribution >= 0.6 is 0 Å². The van der Waals surface area contributed by atoms with Gasteiger partial charge in [-0.15, -0.1) is 0 Å². The van der Waals surface area contributed by atoms with Gasteiger partial charge in [0, 0.05) is 28.6 Å². The van der Waals surface area contributed by atoms with Gasteiger partial charge in [0.1, 0.15) is 5.70 Å². The standard InChI is InChI=1S/C28H36N2O3/c1-4-6-7-8-16-33-27(32)24-18-28(5-2)13-9-14-29-15-12-21-22-17-20(19(3)31)10-11-23(22)30(24)25(21)26(28)29/h10-11,17-18,26H,4-9,12-16H2,1-3H3. The van der Waals surface area contributed by atoms with E-state index in [1.165, 1.54) is 24.1 Å². The number of piperidine rings is 1. The second-order valence-corrected chi connectivity index (χ2v) is 10.1. The Bertz CT molecular complexity index is 1130. The predicted octanol–water partition coefficient (Wildman–Crippen LogP) is 5.91. The topological polar surface area (TPSA) is 51.5 Å². The maximum absolute atomic E-state index is 13.5. The molecule has 0 spiro atoms. The SMILES string of the molecule is CCCCCCOC(=O)C1=CC2(CC)CCCN3CCc4c(n1c1ccc(C(C)=O)cc41)C32. The third kappa shape index (κ3) is 3.56. The highest BCUT2D eigenvalue weighted by molar-refractivity contribution is 6.14. The van der Waals surface area contributed by atoms with E-state index in [1.54, 1.807) is 6.92 Å². The largest absolute Gasteiger partial charge is 0.461 e. The molecule has 0 N–H and O–H groups in total. The summed E-state index contributed by atoms with van der Waals surface area (Å²) >= 11 is 0. The average Bonchev–Trinajstić information content (AvgIpc) is 3.16. The molecule has 3 aliphatic rings. The first-order valence-corrected chi connectivity index (χ1v) is 12.8. The van der Waals surface area contributed by atoms with E-state index in [4.69, 9.17) is 4.74 Å². The zero-order valence-corrected chi connectivity index (χ0v) is 20.3. The first kappa shape index (κ1) is 22.4. The van der Waals surface area contributed by atoms with Crippen LogP contribution in [-0.2, 0) is 16.0 Å². The van der Waals surface area contributed by atoms with E-state index in [1.807, 2.05) is 18.2 Å². The van der Waals surface area contributed by atoms with Crippen LogP contribution in [0.5, 0.6) is 0 Å². The number of carbonyl (C=O) groups is 2. The molecule has 176 valence electrons. The Morgan fingerprint density at radius 1 is 1.15 bits per heavy atom. The van der Waals surface area contributed by atoms with Crippen molar-refractivity contribution in [1.29, 1.82) is 0 Å². The minimum absolute atomic E-state index is 0.0439. The number of carbonyl (C=O) groups excluding carboxylic acids is 2. The molecule has 1 aromatic carbocycles. The van der Waals surface area contributed by atoms with E-state index in [9.17, 15) is 9.59 Å². The average molecular weight is 449 g/mol. The zero-order valence-electron chi connectivity index (χ0n) is 20.3. The smallest absolute Gasteiger partial charge is 0.355 e. The third-order valence-corrected chi connectivity index (χ3v) is 8.19. The van der Waals surface area contributed by atoms with E-state index < -0.39 is 0 Å². The molecule has 0 amide bonds. The number of fused-ring (bicyclic) bond motifs is 3. The Hall–Kier alpha value is -2.40. The third-order valence-electron chi connectivity index (χ3n) is 8.19. The first-order chi connectivity index (χ1) is 16.0. The van der Waals surface area contributed by atoms with E-state index in [-0.39, 0.29) is 23.2 Å². The minimum atomic E-state index is -0.212. The number of Topliss-reactive ketones (excluding diaryl/α,β-unsaturated/α-hetero) is 1. The second kappa shape index (κ2) is 8.75. The van der Waals surface area contributed by atoms with Crippen molar-refractivity contribution in [2.45, 2.75) is 78.2 Å². The highest BCUT2D eigenvalue weighted by Crippen LogP contribution is 2.57. The van der Waals surface area contributed by atoms with Crippen molar-refractivity contribution in [3.8, 4) is 0 Å². The number of nitrogens with zero attached hydrogens (tertiary/aromatic N) is 2. The number of ketones is 1. The Morgan fingerprint density at radius 2 is 2.00 bits per heavy atom. The molecule has 0 radical (unpaired) electrons. The molecule has 5 nitrogen and oxygen atoms in total. The molecule has 0 aliphatic carbocycles. The summed E-state index contributed by atoms with van der Waals surface area (Å²) in [7, 11) is 0. The van der Waals surface area contributed by atoms with Crippen molar-refractivity contribution in [2.75, 3.05) is 19.7 Å². The molecule has 4 heterocycles. The molecule has 1 saturated heterocycles. The Morgan fingerprint density at radius 3 is 2.76 bits per heavy atom. The van der Waals surface area contributed by atoms with Gasteiger partial charge in [-0.3, -0.25) is 9.69 Å². The van der Waals surface area contributed by atoms with Crippen molar-refractivity contribution in [1.82, 2.24) is 9.47 Å².